The van der Waals surface area contributed by atoms with Gasteiger partial charge in [0.1, 0.15) is 72.2 Å². The number of benzene rings is 1. The number of rotatable bonds is 46. The van der Waals surface area contributed by atoms with Crippen molar-refractivity contribution >= 4 is 107 Å². The first-order valence-electron chi connectivity index (χ1n) is 31.7. The Kier molecular flexibility index (Phi) is 36.4. The number of carboxylic acids is 3. The van der Waals surface area contributed by atoms with Crippen molar-refractivity contribution in [3.05, 3.63) is 48.0 Å². The van der Waals surface area contributed by atoms with Gasteiger partial charge in [-0.3, -0.25) is 72.1 Å². The monoisotopic (exact) mass is 1450 g/mol. The number of aliphatic hydroxyl groups is 3. The molecule has 0 aliphatic carbocycles. The number of carbonyl (C=O) groups is 15. The third kappa shape index (κ3) is 29.6. The van der Waals surface area contributed by atoms with Crippen LogP contribution >= 0.6 is 11.8 Å². The molecule has 41 nitrogen and oxygen atoms in total. The van der Waals surface area contributed by atoms with Gasteiger partial charge in [-0.25, -0.2) is 9.78 Å². The number of imidazole rings is 1. The van der Waals surface area contributed by atoms with E-state index in [2.05, 4.69) is 57.5 Å². The lowest BCUT2D eigenvalue weighted by Gasteiger charge is -2.31. The summed E-state index contributed by atoms with van der Waals surface area (Å²) in [4.78, 5) is 213. The number of thioether (sulfide) groups is 1. The first kappa shape index (κ1) is 84.9. The van der Waals surface area contributed by atoms with Crippen LogP contribution < -0.4 is 81.8 Å². The lowest BCUT2D eigenvalue weighted by Crippen LogP contribution is -2.62. The van der Waals surface area contributed by atoms with Gasteiger partial charge in [-0.2, -0.15) is 11.8 Å². The van der Waals surface area contributed by atoms with E-state index in [1.54, 1.807) is 6.26 Å². The van der Waals surface area contributed by atoms with Gasteiger partial charge in [0, 0.05) is 37.8 Å². The van der Waals surface area contributed by atoms with Crippen molar-refractivity contribution < 1.29 is 108 Å². The molecule has 28 N–H and O–H groups in total. The number of primary amides is 1. The molecule has 0 saturated carbocycles. The van der Waals surface area contributed by atoms with Crippen LogP contribution in [-0.4, -0.2) is 269 Å². The predicted octanol–water partition coefficient (Wildman–Crippen LogP) is -9.72. The van der Waals surface area contributed by atoms with Crippen LogP contribution in [0.5, 0.6) is 5.75 Å². The number of amides is 12. The number of aromatic amines is 1. The molecule has 42 heteroatoms. The second kappa shape index (κ2) is 43.3. The fraction of sp³-hybridized carbons (Fsp3) is 0.576. The van der Waals surface area contributed by atoms with E-state index in [1.165, 1.54) is 48.6 Å². The smallest absolute Gasteiger partial charge is 0.328 e. The van der Waals surface area contributed by atoms with Gasteiger partial charge in [-0.05, 0) is 94.5 Å². The summed E-state index contributed by atoms with van der Waals surface area (Å²) in [6.07, 6.45) is -1.20. The van der Waals surface area contributed by atoms with Crippen LogP contribution in [0.4, 0.5) is 0 Å². The van der Waals surface area contributed by atoms with E-state index in [0.717, 1.165) is 11.8 Å². The Balaban J connectivity index is 1.89. The average Bonchev–Trinajstić information content (AvgIpc) is 1.77. The Morgan fingerprint density at radius 1 is 0.614 bits per heavy atom. The van der Waals surface area contributed by atoms with E-state index < -0.39 is 206 Å². The summed E-state index contributed by atoms with van der Waals surface area (Å²) >= 11 is 1.24. The van der Waals surface area contributed by atoms with Crippen molar-refractivity contribution in [1.82, 2.24) is 68.0 Å². The molecule has 1 aromatic heterocycles. The van der Waals surface area contributed by atoms with Crippen LogP contribution in [0.15, 0.2) is 41.8 Å². The van der Waals surface area contributed by atoms with E-state index in [9.17, 15) is 108 Å². The molecule has 1 fully saturated rings. The lowest BCUT2D eigenvalue weighted by molar-refractivity contribution is -0.145. The van der Waals surface area contributed by atoms with E-state index in [1.807, 2.05) is 10.6 Å². The summed E-state index contributed by atoms with van der Waals surface area (Å²) in [5.41, 5.74) is 28.7. The molecule has 0 bridgehead atoms. The third-order valence-corrected chi connectivity index (χ3v) is 16.0. The number of guanidine groups is 1. The van der Waals surface area contributed by atoms with Crippen LogP contribution in [0.1, 0.15) is 88.8 Å². The number of aromatic nitrogens is 2. The Morgan fingerprint density at radius 2 is 1.10 bits per heavy atom. The number of nitrogens with zero attached hydrogens (tertiary/aromatic N) is 3. The highest BCUT2D eigenvalue weighted by molar-refractivity contribution is 7.98. The van der Waals surface area contributed by atoms with E-state index in [4.69, 9.17) is 28.7 Å². The van der Waals surface area contributed by atoms with E-state index in [-0.39, 0.29) is 101 Å². The molecule has 2 aromatic rings. The van der Waals surface area contributed by atoms with Crippen LogP contribution in [0.3, 0.4) is 0 Å². The van der Waals surface area contributed by atoms with Gasteiger partial charge in [0.15, 0.2) is 5.96 Å². The molecule has 101 heavy (non-hydrogen) atoms. The van der Waals surface area contributed by atoms with Gasteiger partial charge < -0.3 is 127 Å². The Labute approximate surface area is 581 Å². The molecular weight excluding hydrogens is 1360 g/mol. The largest absolute Gasteiger partial charge is 0.508 e. The number of unbranched alkanes of at least 4 members (excludes halogenated alkanes) is 1. The van der Waals surface area contributed by atoms with Gasteiger partial charge in [0.05, 0.1) is 50.9 Å². The molecule has 0 radical (unpaired) electrons. The summed E-state index contributed by atoms with van der Waals surface area (Å²) in [7, 11) is 0. The fourth-order valence-corrected chi connectivity index (χ4v) is 10.4. The number of aliphatic imine (C=N–C) groups is 1. The molecule has 1 aliphatic rings. The van der Waals surface area contributed by atoms with Crippen LogP contribution in [0, 0.1) is 0 Å². The Hall–Kier alpha value is -10.3. The van der Waals surface area contributed by atoms with E-state index in [0.29, 0.717) is 5.56 Å². The van der Waals surface area contributed by atoms with Gasteiger partial charge in [-0.1, -0.05) is 12.1 Å². The number of carbonyl (C=O) groups excluding carboxylic acids is 12. The van der Waals surface area contributed by atoms with Crippen molar-refractivity contribution in [3.63, 3.8) is 0 Å². The maximum atomic E-state index is 14.5. The van der Waals surface area contributed by atoms with Gasteiger partial charge in [-0.15, -0.1) is 0 Å². The number of carboxylic acid groups (broad SMARTS) is 3. The minimum Gasteiger partial charge on any atom is -0.508 e. The van der Waals surface area contributed by atoms with E-state index >= 15 is 0 Å². The number of aliphatic carboxylic acids is 3. The van der Waals surface area contributed by atoms with Gasteiger partial charge in [0.25, 0.3) is 0 Å². The molecule has 0 spiro atoms. The number of nitrogens with one attached hydrogen (secondary N) is 11. The maximum Gasteiger partial charge on any atom is 0.328 e. The zero-order valence-corrected chi connectivity index (χ0v) is 56.1. The van der Waals surface area contributed by atoms with Crippen molar-refractivity contribution in [2.24, 2.45) is 33.7 Å². The number of hydrogen-bond acceptors (Lipinski definition) is 24. The summed E-state index contributed by atoms with van der Waals surface area (Å²) < 4.78 is 0. The van der Waals surface area contributed by atoms with Crippen molar-refractivity contribution in [1.29, 1.82) is 0 Å². The number of H-pyrrole nitrogens is 1. The highest BCUT2D eigenvalue weighted by atomic mass is 32.2. The lowest BCUT2D eigenvalue weighted by atomic mass is 10.0. The molecule has 3 rings (SSSR count). The maximum absolute atomic E-state index is 14.5. The minimum atomic E-state index is -2.12. The normalized spacial score (nSPS) is 16.1. The number of aromatic hydroxyl groups is 1. The number of aliphatic hydroxyl groups excluding tert-OH is 3. The highest BCUT2D eigenvalue weighted by Gasteiger charge is 2.42. The van der Waals surface area contributed by atoms with Crippen LogP contribution in [-0.2, 0) is 84.8 Å². The first-order chi connectivity index (χ1) is 47.7. The standard InChI is InChI=1S/C59H91N19O22S/c1-28(81)46(56(97)74-39(23-45(86)87)54(95)76-41(26-80)58(99)100)77-55(96)42-9-6-17-78(42)57(98)40(25-79)75-48(89)33(8-3-4-15-60)68-51(92)36(20-30-24-65-27-67-30)71-53(94)38(22-44(84)85)73-52(93)37(21-43(62)83)72-49(90)34(14-18-101-2)69-50(91)35(19-29-10-12-31(82)13-11-29)70-47(88)32(61)7-5-16-66-59(63)64/h10-13,24,27-28,32-42,46,79-82H,3-9,14-23,25-26,60-61H2,1-2H3,(H2,62,83)(H,65,67)(H,68,92)(H,69,91)(H,70,88)(H,71,94)(H,72,90)(H,73,93)(H,74,97)(H,75,89)(H,76,95)(H,77,96)(H,84,85)(H,86,87)(H,99,100)(H4,63,64,66)/t28-,32+,33+,34+,35+,36+,37+,38+,39+,40+,41+,42+,46+/m1/s1. The molecule has 13 atom stereocenters. The minimum absolute atomic E-state index is 0.0823. The van der Waals surface area contributed by atoms with Crippen molar-refractivity contribution in [2.45, 2.75) is 169 Å². The van der Waals surface area contributed by atoms with Crippen molar-refractivity contribution in [2.75, 3.05) is 44.9 Å². The zero-order valence-electron chi connectivity index (χ0n) is 55.3. The Bertz CT molecular complexity index is 3220. The summed E-state index contributed by atoms with van der Waals surface area (Å²) in [6, 6.07) is -15.2. The molecule has 560 valence electrons. The molecule has 1 aromatic carbocycles. The summed E-state index contributed by atoms with van der Waals surface area (Å²) in [5.74, 6) is -19.0. The molecule has 2 heterocycles. The number of likely N-dealkylation sites (tertiary alicyclic amines) is 1. The number of phenolic OH excluding ortho intramolecular Hbond substituents is 1. The van der Waals surface area contributed by atoms with Crippen LogP contribution in [0.25, 0.3) is 0 Å². The highest BCUT2D eigenvalue weighted by Crippen LogP contribution is 2.20. The second-order valence-electron chi connectivity index (χ2n) is 23.3. The van der Waals surface area contributed by atoms with Gasteiger partial charge >= 0.3 is 17.9 Å². The molecular formula is C59H91N19O22S. The SMILES string of the molecule is CSCC[C@H](NC(=O)[C@H](Cc1ccc(O)cc1)NC(=O)[C@@H](N)CCCN=C(N)N)C(=O)N[C@@H](CC(N)=O)C(=O)N[C@@H](CC(=O)O)C(=O)N[C@@H](Cc1cnc[nH]1)C(=O)N[C@@H](CCCCN)C(=O)N[C@@H](CO)C(=O)N1CCC[C@H]1C(=O)N[C@H](C(=O)N[C@@H](CC(=O)O)C(=O)N[C@@H](CO)C(=O)O)[C@@H](C)O. The quantitative estimate of drug-likeness (QED) is 0.0166. The second-order valence-corrected chi connectivity index (χ2v) is 24.3. The third-order valence-electron chi connectivity index (χ3n) is 15.3. The Morgan fingerprint density at radius 3 is 1.59 bits per heavy atom. The average molecular weight is 1450 g/mol. The number of phenols is 1. The molecule has 0 unspecified atom stereocenters. The molecule has 12 amide bonds. The summed E-state index contributed by atoms with van der Waals surface area (Å²) in [5, 5.41) is 91.9. The predicted molar refractivity (Wildman–Crippen MR) is 354 cm³/mol. The number of nitrogens with two attached hydrogens (primary N) is 5. The number of hydrogen-bond donors (Lipinski definition) is 23. The zero-order chi connectivity index (χ0) is 75.6. The summed E-state index contributed by atoms with van der Waals surface area (Å²) in [6.45, 7) is -1.16. The van der Waals surface area contributed by atoms with Crippen molar-refractivity contribution in [3.8, 4) is 5.75 Å². The fourth-order valence-electron chi connectivity index (χ4n) is 9.97. The molecule has 1 aliphatic heterocycles. The van der Waals surface area contributed by atoms with Crippen LogP contribution in [0.2, 0.25) is 0 Å². The molecule has 1 saturated heterocycles. The topological polar surface area (TPSA) is 692 Å². The first-order valence-corrected chi connectivity index (χ1v) is 33.1. The van der Waals surface area contributed by atoms with Gasteiger partial charge in [0.2, 0.25) is 70.9 Å².